The predicted molar refractivity (Wildman–Crippen MR) is 77.4 cm³/mol. The molecule has 1 atom stereocenters. The molecule has 7 heteroatoms. The van der Waals surface area contributed by atoms with Gasteiger partial charge in [0, 0.05) is 12.6 Å². The third kappa shape index (κ3) is 4.77. The third-order valence-corrected chi connectivity index (χ3v) is 5.29. The van der Waals surface area contributed by atoms with Gasteiger partial charge >= 0.3 is 6.18 Å². The molecule has 0 spiro atoms. The molecular weight excluding hydrogens is 323 g/mol. The molecule has 1 aliphatic rings. The second kappa shape index (κ2) is 7.22. The first-order valence-corrected chi connectivity index (χ1v) is 8.42. The van der Waals surface area contributed by atoms with Crippen LogP contribution in [0.3, 0.4) is 0 Å². The maximum Gasteiger partial charge on any atom is 0.416 e. The zero-order valence-corrected chi connectivity index (χ0v) is 13.0. The maximum absolute atomic E-state index is 12.7. The van der Waals surface area contributed by atoms with E-state index in [2.05, 4.69) is 4.72 Å². The summed E-state index contributed by atoms with van der Waals surface area (Å²) >= 11 is 4.14. The fraction of sp³-hybridized carbons (Fsp3) is 0.571. The number of hydrogen-bond acceptors (Lipinski definition) is 2. The van der Waals surface area contributed by atoms with Crippen LogP contribution in [0.25, 0.3) is 0 Å². The van der Waals surface area contributed by atoms with Gasteiger partial charge in [-0.25, -0.2) is 0 Å². The number of nitrogens with one attached hydrogen (secondary N) is 1. The van der Waals surface area contributed by atoms with E-state index in [-0.39, 0.29) is 9.92 Å². The van der Waals surface area contributed by atoms with Gasteiger partial charge in [-0.2, -0.15) is 13.2 Å². The van der Waals surface area contributed by atoms with Crippen molar-refractivity contribution in [2.45, 2.75) is 43.2 Å². The molecule has 0 heterocycles. The minimum atomic E-state index is -4.47. The smallest absolute Gasteiger partial charge is 0.416 e. The molecule has 1 N–H and O–H groups in total. The van der Waals surface area contributed by atoms with Crippen LogP contribution in [0.5, 0.6) is 0 Å². The molecule has 1 saturated carbocycles. The molecule has 0 aromatic heterocycles. The molecule has 21 heavy (non-hydrogen) atoms. The number of rotatable bonds is 4. The first-order chi connectivity index (χ1) is 9.88. The summed E-state index contributed by atoms with van der Waals surface area (Å²) in [5.41, 5.74) is -0.838. The van der Waals surface area contributed by atoms with Gasteiger partial charge in [-0.05, 0) is 30.9 Å². The highest BCUT2D eigenvalue weighted by atomic mass is 35.5. The highest BCUT2D eigenvalue weighted by molar-refractivity contribution is 7.89. The summed E-state index contributed by atoms with van der Waals surface area (Å²) in [4.78, 5) is -0.0118. The van der Waals surface area contributed by atoms with Crippen molar-refractivity contribution >= 4 is 23.0 Å². The van der Waals surface area contributed by atoms with E-state index in [9.17, 15) is 17.7 Å². The summed E-state index contributed by atoms with van der Waals surface area (Å²) in [7, 11) is 0. The van der Waals surface area contributed by atoms with Gasteiger partial charge in [0.1, 0.15) is 0 Å². The molecule has 2 rings (SSSR count). The molecular formula is C14H17ClF3NOS. The lowest BCUT2D eigenvalue weighted by molar-refractivity contribution is -0.137. The molecule has 1 aliphatic carbocycles. The first-order valence-electron chi connectivity index (χ1n) is 6.90. The Balaban J connectivity index is 2.02. The number of benzene rings is 1. The van der Waals surface area contributed by atoms with Crippen molar-refractivity contribution in [3.8, 4) is 0 Å². The van der Waals surface area contributed by atoms with Crippen molar-refractivity contribution in [3.05, 3.63) is 28.8 Å². The summed E-state index contributed by atoms with van der Waals surface area (Å²) in [6.07, 6.45) is 1.21. The van der Waals surface area contributed by atoms with Gasteiger partial charge in [0.25, 0.3) is 0 Å². The van der Waals surface area contributed by atoms with Crippen LogP contribution in [0.4, 0.5) is 13.2 Å². The quantitative estimate of drug-likeness (QED) is 0.817. The van der Waals surface area contributed by atoms with Crippen molar-refractivity contribution in [2.75, 3.05) is 6.54 Å². The number of alkyl halides is 3. The van der Waals surface area contributed by atoms with Gasteiger partial charge in [-0.15, -0.1) is 4.72 Å². The lowest BCUT2D eigenvalue weighted by Crippen LogP contribution is -2.30. The molecule has 118 valence electrons. The van der Waals surface area contributed by atoms with Crippen LogP contribution in [-0.2, 0) is 17.5 Å². The van der Waals surface area contributed by atoms with E-state index >= 15 is 0 Å². The lowest BCUT2D eigenvalue weighted by atomic mass is 9.90. The Morgan fingerprint density at radius 1 is 1.24 bits per heavy atom. The van der Waals surface area contributed by atoms with Gasteiger partial charge in [-0.1, -0.05) is 30.9 Å². The van der Waals surface area contributed by atoms with Crippen LogP contribution >= 0.6 is 11.6 Å². The highest BCUT2D eigenvalue weighted by Crippen LogP contribution is 2.33. The first kappa shape index (κ1) is 16.9. The molecule has 2 nitrogen and oxygen atoms in total. The summed E-state index contributed by atoms with van der Waals surface area (Å²) in [5.74, 6) is 0.437. The van der Waals surface area contributed by atoms with E-state index in [1.54, 1.807) is 0 Å². The van der Waals surface area contributed by atoms with Gasteiger partial charge in [0.2, 0.25) is 0 Å². The van der Waals surface area contributed by atoms with Gasteiger partial charge in [-0.3, -0.25) is 0 Å². The van der Waals surface area contributed by atoms with E-state index in [0.29, 0.717) is 12.5 Å². The van der Waals surface area contributed by atoms with Crippen molar-refractivity contribution in [3.63, 3.8) is 0 Å². The van der Waals surface area contributed by atoms with Gasteiger partial charge < -0.3 is 4.55 Å². The van der Waals surface area contributed by atoms with Crippen molar-refractivity contribution < 1.29 is 17.7 Å². The molecule has 0 radical (unpaired) electrons. The number of hydrogen-bond donors (Lipinski definition) is 1. The highest BCUT2D eigenvalue weighted by Gasteiger charge is 2.33. The molecule has 1 fully saturated rings. The summed E-state index contributed by atoms with van der Waals surface area (Å²) < 4.78 is 53.0. The normalized spacial score (nSPS) is 18.7. The predicted octanol–water partition coefficient (Wildman–Crippen LogP) is 4.55. The Hall–Kier alpha value is -0.430. The van der Waals surface area contributed by atoms with E-state index in [1.807, 2.05) is 0 Å². The van der Waals surface area contributed by atoms with Crippen molar-refractivity contribution in [2.24, 2.45) is 5.92 Å². The van der Waals surface area contributed by atoms with Crippen molar-refractivity contribution in [1.82, 2.24) is 4.72 Å². The lowest BCUT2D eigenvalue weighted by Gasteiger charge is -2.22. The second-order valence-electron chi connectivity index (χ2n) is 5.26. The van der Waals surface area contributed by atoms with E-state index in [4.69, 9.17) is 11.6 Å². The monoisotopic (exact) mass is 339 g/mol. The maximum atomic E-state index is 12.7. The second-order valence-corrected chi connectivity index (χ2v) is 6.94. The van der Waals surface area contributed by atoms with Crippen LogP contribution in [0.1, 0.15) is 37.7 Å². The van der Waals surface area contributed by atoms with E-state index < -0.39 is 23.1 Å². The Morgan fingerprint density at radius 3 is 2.52 bits per heavy atom. The van der Waals surface area contributed by atoms with Crippen LogP contribution in [-0.4, -0.2) is 11.1 Å². The minimum Gasteiger partial charge on any atom is -0.593 e. The largest absolute Gasteiger partial charge is 0.593 e. The van der Waals surface area contributed by atoms with E-state index in [0.717, 1.165) is 43.9 Å². The minimum absolute atomic E-state index is 0.0118. The zero-order chi connectivity index (χ0) is 15.5. The Morgan fingerprint density at radius 2 is 1.90 bits per heavy atom. The summed E-state index contributed by atoms with van der Waals surface area (Å²) in [6, 6.07) is 2.89. The Labute approximate surface area is 130 Å². The molecule has 1 aromatic carbocycles. The topological polar surface area (TPSA) is 35.1 Å². The molecule has 1 unspecified atom stereocenters. The zero-order valence-electron chi connectivity index (χ0n) is 11.4. The fourth-order valence-electron chi connectivity index (χ4n) is 2.48. The van der Waals surface area contributed by atoms with Crippen LogP contribution in [0.15, 0.2) is 23.1 Å². The Kier molecular flexibility index (Phi) is 5.82. The molecule has 0 saturated heterocycles. The average molecular weight is 340 g/mol. The fourth-order valence-corrected chi connectivity index (χ4v) is 3.83. The van der Waals surface area contributed by atoms with Crippen LogP contribution in [0.2, 0.25) is 5.02 Å². The number of halogens is 4. The van der Waals surface area contributed by atoms with Crippen LogP contribution < -0.4 is 4.72 Å². The molecule has 0 aliphatic heterocycles. The summed E-state index contributed by atoms with van der Waals surface area (Å²) in [5, 5.41) is 0.0810. The standard InChI is InChI=1S/C14H17ClF3NOS/c15-12-7-6-11(14(16,17)18)8-13(12)21(20)19-9-10-4-2-1-3-5-10/h6-8,10,19H,1-5,9H2. The SMILES string of the molecule is [O-][S+](NCC1CCCCC1)c1cc(C(F)(F)F)ccc1Cl. The van der Waals surface area contributed by atoms with Crippen LogP contribution in [0, 0.1) is 5.92 Å². The molecule has 0 amide bonds. The summed E-state index contributed by atoms with van der Waals surface area (Å²) in [6.45, 7) is 0.541. The Bertz CT molecular complexity index is 478. The third-order valence-electron chi connectivity index (χ3n) is 3.69. The molecule has 1 aromatic rings. The molecule has 0 bridgehead atoms. The van der Waals surface area contributed by atoms with Gasteiger partial charge in [0.05, 0.1) is 21.9 Å². The van der Waals surface area contributed by atoms with E-state index in [1.165, 1.54) is 6.42 Å². The van der Waals surface area contributed by atoms with Crippen molar-refractivity contribution in [1.29, 1.82) is 0 Å². The average Bonchev–Trinajstić information content (AvgIpc) is 2.45. The van der Waals surface area contributed by atoms with Gasteiger partial charge in [0.15, 0.2) is 4.90 Å².